The van der Waals surface area contributed by atoms with E-state index in [-0.39, 0.29) is 0 Å². The van der Waals surface area contributed by atoms with Crippen molar-refractivity contribution in [3.05, 3.63) is 12.1 Å². The standard InChI is InChI=1S/C12H22N4O3S/c1-5-19-11-9(13)6-7-10(15-11)14-8-12(2,3)16-20(4,17)18/h6-7,16H,5,8,13H2,1-4H3,(H,14,15). The predicted octanol–water partition coefficient (Wildman–Crippen LogP) is 0.802. The zero-order valence-corrected chi connectivity index (χ0v) is 13.0. The summed E-state index contributed by atoms with van der Waals surface area (Å²) >= 11 is 0. The van der Waals surface area contributed by atoms with E-state index in [4.69, 9.17) is 10.5 Å². The lowest BCUT2D eigenvalue weighted by molar-refractivity contribution is 0.329. The molecule has 0 saturated heterocycles. The van der Waals surface area contributed by atoms with Gasteiger partial charge in [0.05, 0.1) is 18.6 Å². The van der Waals surface area contributed by atoms with Gasteiger partial charge in [-0.15, -0.1) is 0 Å². The fourth-order valence-corrected chi connectivity index (χ4v) is 2.73. The number of pyridine rings is 1. The van der Waals surface area contributed by atoms with Crippen molar-refractivity contribution in [3.63, 3.8) is 0 Å². The molecular weight excluding hydrogens is 280 g/mol. The molecule has 4 N–H and O–H groups in total. The Morgan fingerprint density at radius 2 is 2.05 bits per heavy atom. The first-order valence-corrected chi connectivity index (χ1v) is 8.14. The third-order valence-corrected chi connectivity index (χ3v) is 3.27. The highest BCUT2D eigenvalue weighted by atomic mass is 32.2. The third kappa shape index (κ3) is 5.62. The lowest BCUT2D eigenvalue weighted by atomic mass is 10.1. The lowest BCUT2D eigenvalue weighted by Gasteiger charge is -2.25. The molecule has 20 heavy (non-hydrogen) atoms. The maximum Gasteiger partial charge on any atom is 0.239 e. The van der Waals surface area contributed by atoms with Crippen LogP contribution < -0.4 is 20.5 Å². The maximum absolute atomic E-state index is 11.3. The Morgan fingerprint density at radius 3 is 2.60 bits per heavy atom. The molecule has 7 nitrogen and oxygen atoms in total. The number of hydrogen-bond donors (Lipinski definition) is 3. The fourth-order valence-electron chi connectivity index (χ4n) is 1.65. The van der Waals surface area contributed by atoms with E-state index in [0.717, 1.165) is 6.26 Å². The lowest BCUT2D eigenvalue weighted by Crippen LogP contribution is -2.47. The number of ether oxygens (including phenoxy) is 1. The largest absolute Gasteiger partial charge is 0.476 e. The molecule has 0 atom stereocenters. The molecule has 0 aliphatic heterocycles. The number of sulfonamides is 1. The smallest absolute Gasteiger partial charge is 0.239 e. The molecule has 8 heteroatoms. The molecular formula is C12H22N4O3S. The molecule has 0 aliphatic rings. The molecule has 0 spiro atoms. The van der Waals surface area contributed by atoms with Gasteiger partial charge in [-0.1, -0.05) is 0 Å². The number of nitrogens with zero attached hydrogens (tertiary/aromatic N) is 1. The molecule has 0 bridgehead atoms. The van der Waals surface area contributed by atoms with Crippen molar-refractivity contribution in [1.82, 2.24) is 9.71 Å². The van der Waals surface area contributed by atoms with Gasteiger partial charge in [0.2, 0.25) is 15.9 Å². The second kappa shape index (κ2) is 6.27. The van der Waals surface area contributed by atoms with Crippen LogP contribution in [0.1, 0.15) is 20.8 Å². The van der Waals surface area contributed by atoms with Gasteiger partial charge in [0.15, 0.2) is 0 Å². The molecule has 0 amide bonds. The molecule has 0 radical (unpaired) electrons. The average molecular weight is 302 g/mol. The number of anilines is 2. The Labute approximate surface area is 120 Å². The van der Waals surface area contributed by atoms with Crippen LogP contribution >= 0.6 is 0 Å². The molecule has 0 aromatic carbocycles. The van der Waals surface area contributed by atoms with Crippen LogP contribution in [0.15, 0.2) is 12.1 Å². The zero-order valence-electron chi connectivity index (χ0n) is 12.2. The van der Waals surface area contributed by atoms with Gasteiger partial charge in [0.25, 0.3) is 0 Å². The van der Waals surface area contributed by atoms with Crippen LogP contribution in [0.25, 0.3) is 0 Å². The molecule has 114 valence electrons. The molecule has 0 aliphatic carbocycles. The number of nitrogens with two attached hydrogens (primary N) is 1. The van der Waals surface area contributed by atoms with E-state index in [9.17, 15) is 8.42 Å². The molecule has 1 rings (SSSR count). The van der Waals surface area contributed by atoms with Gasteiger partial charge in [-0.05, 0) is 32.9 Å². The summed E-state index contributed by atoms with van der Waals surface area (Å²) in [5.74, 6) is 0.942. The van der Waals surface area contributed by atoms with Crippen molar-refractivity contribution in [2.45, 2.75) is 26.3 Å². The first-order chi connectivity index (χ1) is 9.13. The van der Waals surface area contributed by atoms with E-state index in [1.165, 1.54) is 0 Å². The summed E-state index contributed by atoms with van der Waals surface area (Å²) in [6.07, 6.45) is 1.13. The van der Waals surface area contributed by atoms with E-state index >= 15 is 0 Å². The Hall–Kier alpha value is -1.54. The normalized spacial score (nSPS) is 12.2. The van der Waals surface area contributed by atoms with Gasteiger partial charge < -0.3 is 15.8 Å². The second-order valence-corrected chi connectivity index (χ2v) is 6.88. The summed E-state index contributed by atoms with van der Waals surface area (Å²) in [5, 5.41) is 3.06. The van der Waals surface area contributed by atoms with Crippen molar-refractivity contribution in [2.75, 3.05) is 30.5 Å². The number of rotatable bonds is 7. The van der Waals surface area contributed by atoms with Crippen LogP contribution in [0.5, 0.6) is 5.88 Å². The van der Waals surface area contributed by atoms with Crippen LogP contribution in [0.2, 0.25) is 0 Å². The highest BCUT2D eigenvalue weighted by Gasteiger charge is 2.22. The van der Waals surface area contributed by atoms with Crippen LogP contribution in [0.3, 0.4) is 0 Å². The minimum Gasteiger partial charge on any atom is -0.476 e. The van der Waals surface area contributed by atoms with Gasteiger partial charge in [0.1, 0.15) is 5.82 Å². The number of hydrogen-bond acceptors (Lipinski definition) is 6. The van der Waals surface area contributed by atoms with Crippen LogP contribution in [-0.4, -0.2) is 38.3 Å². The highest BCUT2D eigenvalue weighted by molar-refractivity contribution is 7.88. The summed E-state index contributed by atoms with van der Waals surface area (Å²) < 4.78 is 30.3. The molecule has 0 unspecified atom stereocenters. The van der Waals surface area contributed by atoms with Crippen molar-refractivity contribution < 1.29 is 13.2 Å². The van der Waals surface area contributed by atoms with Gasteiger partial charge in [-0.25, -0.2) is 13.1 Å². The minimum atomic E-state index is -3.26. The highest BCUT2D eigenvalue weighted by Crippen LogP contribution is 2.21. The van der Waals surface area contributed by atoms with Crippen LogP contribution in [0.4, 0.5) is 11.5 Å². The number of nitrogens with one attached hydrogen (secondary N) is 2. The summed E-state index contributed by atoms with van der Waals surface area (Å²) in [6, 6.07) is 3.41. The van der Waals surface area contributed by atoms with Crippen molar-refractivity contribution >= 4 is 21.5 Å². The van der Waals surface area contributed by atoms with E-state index < -0.39 is 15.6 Å². The van der Waals surface area contributed by atoms with Gasteiger partial charge in [-0.2, -0.15) is 4.98 Å². The first-order valence-electron chi connectivity index (χ1n) is 6.25. The molecule has 1 aromatic rings. The molecule has 0 fully saturated rings. The van der Waals surface area contributed by atoms with Crippen molar-refractivity contribution in [3.8, 4) is 5.88 Å². The SMILES string of the molecule is CCOc1nc(NCC(C)(C)NS(C)(=O)=O)ccc1N. The summed E-state index contributed by atoms with van der Waals surface area (Å²) in [7, 11) is -3.26. The first kappa shape index (κ1) is 16.5. The zero-order chi connectivity index (χ0) is 15.4. The van der Waals surface area contributed by atoms with Crippen molar-refractivity contribution in [1.29, 1.82) is 0 Å². The number of aromatic nitrogens is 1. The van der Waals surface area contributed by atoms with Crippen LogP contribution in [0, 0.1) is 0 Å². The van der Waals surface area contributed by atoms with E-state index in [1.807, 2.05) is 6.92 Å². The third-order valence-electron chi connectivity index (χ3n) is 2.34. The maximum atomic E-state index is 11.3. The second-order valence-electron chi connectivity index (χ2n) is 5.14. The Kier molecular flexibility index (Phi) is 5.18. The fraction of sp³-hybridized carbons (Fsp3) is 0.583. The van der Waals surface area contributed by atoms with E-state index in [0.29, 0.717) is 30.5 Å². The summed E-state index contributed by atoms with van der Waals surface area (Å²) in [6.45, 7) is 6.26. The summed E-state index contributed by atoms with van der Waals surface area (Å²) in [5.41, 5.74) is 5.56. The van der Waals surface area contributed by atoms with Gasteiger partial charge >= 0.3 is 0 Å². The predicted molar refractivity (Wildman–Crippen MR) is 80.4 cm³/mol. The van der Waals surface area contributed by atoms with Crippen molar-refractivity contribution in [2.24, 2.45) is 0 Å². The molecule has 1 heterocycles. The quantitative estimate of drug-likeness (QED) is 0.688. The Morgan fingerprint density at radius 1 is 1.40 bits per heavy atom. The monoisotopic (exact) mass is 302 g/mol. The minimum absolute atomic E-state index is 0.367. The van der Waals surface area contributed by atoms with Gasteiger partial charge in [0, 0.05) is 12.1 Å². The topological polar surface area (TPSA) is 106 Å². The number of nitrogen functional groups attached to an aromatic ring is 1. The molecule has 1 aromatic heterocycles. The average Bonchev–Trinajstić information content (AvgIpc) is 2.27. The summed E-state index contributed by atoms with van der Waals surface area (Å²) in [4.78, 5) is 4.23. The van der Waals surface area contributed by atoms with E-state index in [1.54, 1.807) is 26.0 Å². The van der Waals surface area contributed by atoms with Gasteiger partial charge in [-0.3, -0.25) is 0 Å². The Bertz CT molecular complexity index is 558. The molecule has 0 saturated carbocycles. The van der Waals surface area contributed by atoms with E-state index in [2.05, 4.69) is 15.0 Å². The van der Waals surface area contributed by atoms with Crippen LogP contribution in [-0.2, 0) is 10.0 Å². The Balaban J connectivity index is 2.72.